The fourth-order valence-electron chi connectivity index (χ4n) is 1.93. The molecule has 2 aromatic heterocycles. The van der Waals surface area contributed by atoms with E-state index in [2.05, 4.69) is 30.8 Å². The van der Waals surface area contributed by atoms with Crippen molar-refractivity contribution >= 4 is 28.5 Å². The molecule has 8 nitrogen and oxygen atoms in total. The van der Waals surface area contributed by atoms with Gasteiger partial charge in [-0.15, -0.1) is 0 Å². The van der Waals surface area contributed by atoms with Gasteiger partial charge in [0.1, 0.15) is 17.0 Å². The average Bonchev–Trinajstić information content (AvgIpc) is 2.72. The fourth-order valence-corrected chi connectivity index (χ4v) is 1.93. The number of para-hydroxylation sites is 1. The quantitative estimate of drug-likeness (QED) is 0.126. The Morgan fingerprint density at radius 3 is 2.18 bits per heavy atom. The van der Waals surface area contributed by atoms with E-state index in [0.29, 0.717) is 22.7 Å². The standard InChI is InChI=1S/C14H14N8.2C2H6.CH3.Pt/c15-21-14(22-16)11-8-17-10-6-7-12(20-13(10)19-11)18-9-4-2-1-3-5-9;2*1-2;;/h1-8H,15-16H2,(H,21,22)(H,18,19,20);2*1-2H3;1H3;/q;;;-1;. The van der Waals surface area contributed by atoms with Crippen LogP contribution in [0.5, 0.6) is 0 Å². The van der Waals surface area contributed by atoms with Gasteiger partial charge in [0.15, 0.2) is 11.5 Å². The van der Waals surface area contributed by atoms with Gasteiger partial charge in [-0.1, -0.05) is 45.9 Å². The number of nitrogens with two attached hydrogens (primary N) is 2. The van der Waals surface area contributed by atoms with Gasteiger partial charge in [0.05, 0.1) is 6.20 Å². The number of benzene rings is 1. The first kappa shape index (κ1) is 27.6. The largest absolute Gasteiger partial charge is 0.358 e. The van der Waals surface area contributed by atoms with Crippen LogP contribution in [0, 0.1) is 7.43 Å². The molecule has 0 amide bonds. The molecule has 6 N–H and O–H groups in total. The van der Waals surface area contributed by atoms with Crippen LogP contribution < -0.4 is 22.4 Å². The predicted molar refractivity (Wildman–Crippen MR) is 114 cm³/mol. The number of hydrogen-bond acceptors (Lipinski definition) is 7. The Morgan fingerprint density at radius 1 is 0.964 bits per heavy atom. The van der Waals surface area contributed by atoms with Gasteiger partial charge in [-0.2, -0.15) is 5.10 Å². The third kappa shape index (κ3) is 7.58. The van der Waals surface area contributed by atoms with Crippen molar-refractivity contribution in [3.8, 4) is 0 Å². The molecule has 3 rings (SSSR count). The molecule has 1 aromatic carbocycles. The van der Waals surface area contributed by atoms with Crippen LogP contribution in [-0.4, -0.2) is 20.8 Å². The molecule has 0 spiro atoms. The minimum Gasteiger partial charge on any atom is -0.358 e. The Morgan fingerprint density at radius 2 is 1.61 bits per heavy atom. The van der Waals surface area contributed by atoms with Crippen LogP contribution >= 0.6 is 0 Å². The van der Waals surface area contributed by atoms with Crippen molar-refractivity contribution < 1.29 is 21.1 Å². The molecule has 0 unspecified atom stereocenters. The summed E-state index contributed by atoms with van der Waals surface area (Å²) in [7, 11) is 0. The molecule has 0 aliphatic carbocycles. The van der Waals surface area contributed by atoms with Gasteiger partial charge in [0.2, 0.25) is 0 Å². The summed E-state index contributed by atoms with van der Waals surface area (Å²) in [5, 5.41) is 6.71. The zero-order chi connectivity index (χ0) is 19.4. The van der Waals surface area contributed by atoms with Gasteiger partial charge < -0.3 is 24.0 Å². The summed E-state index contributed by atoms with van der Waals surface area (Å²) in [5.74, 6) is 11.5. The number of fused-ring (bicyclic) bond motifs is 1. The molecule has 2 heterocycles. The van der Waals surface area contributed by atoms with Crippen molar-refractivity contribution in [1.29, 1.82) is 0 Å². The number of rotatable bonds is 3. The number of nitrogens with one attached hydrogen (secondary N) is 2. The van der Waals surface area contributed by atoms with E-state index in [-0.39, 0.29) is 34.3 Å². The Hall–Kier alpha value is -2.57. The summed E-state index contributed by atoms with van der Waals surface area (Å²) in [6.45, 7) is 8.00. The Bertz CT molecular complexity index is 825. The number of hydrogen-bond donors (Lipinski definition) is 4. The van der Waals surface area contributed by atoms with E-state index in [1.165, 1.54) is 6.20 Å². The van der Waals surface area contributed by atoms with Gasteiger partial charge >= 0.3 is 0 Å². The van der Waals surface area contributed by atoms with Gasteiger partial charge in [0.25, 0.3) is 0 Å². The molecule has 0 bridgehead atoms. The number of hydrazine groups is 1. The SMILES string of the molecule is CC.CC.N/N=C(\NN)c1cnc2ccc(Nc3ccccc3)nc2n1.[CH3-].[Pt]. The minimum absolute atomic E-state index is 0. The first-order valence-electron chi connectivity index (χ1n) is 8.51. The maximum atomic E-state index is 5.33. The summed E-state index contributed by atoms with van der Waals surface area (Å²) in [6.07, 6.45) is 1.53. The molecule has 9 heteroatoms. The molecule has 156 valence electrons. The molecule has 0 aliphatic heterocycles. The Balaban J connectivity index is 0. The Labute approximate surface area is 181 Å². The maximum Gasteiger partial charge on any atom is 0.187 e. The van der Waals surface area contributed by atoms with Crippen molar-refractivity contribution in [2.24, 2.45) is 16.8 Å². The van der Waals surface area contributed by atoms with Gasteiger partial charge in [0, 0.05) is 26.8 Å². The molecule has 0 saturated heterocycles. The van der Waals surface area contributed by atoms with Crippen molar-refractivity contribution in [2.75, 3.05) is 5.32 Å². The second-order valence-electron chi connectivity index (χ2n) is 4.41. The molecule has 0 fully saturated rings. The normalized spacial score (nSPS) is 9.39. The van der Waals surface area contributed by atoms with E-state index in [0.717, 1.165) is 5.69 Å². The second-order valence-corrected chi connectivity index (χ2v) is 4.41. The van der Waals surface area contributed by atoms with E-state index in [1.807, 2.05) is 70.2 Å². The number of amidine groups is 1. The molecule has 3 aromatic rings. The number of nitrogens with zero attached hydrogens (tertiary/aromatic N) is 4. The number of anilines is 2. The third-order valence-electron chi connectivity index (χ3n) is 2.96. The van der Waals surface area contributed by atoms with Gasteiger partial charge in [-0.3, -0.25) is 4.98 Å². The monoisotopic (exact) mass is 564 g/mol. The minimum atomic E-state index is 0. The van der Waals surface area contributed by atoms with Crippen molar-refractivity contribution in [1.82, 2.24) is 20.4 Å². The molecule has 28 heavy (non-hydrogen) atoms. The molecule has 0 saturated carbocycles. The zero-order valence-corrected chi connectivity index (χ0v) is 19.2. The molecular formula is C19H29N8Pt-. The van der Waals surface area contributed by atoms with Crippen LogP contribution in [0.2, 0.25) is 0 Å². The Kier molecular flexibility index (Phi) is 15.3. The van der Waals surface area contributed by atoms with Crippen LogP contribution in [0.15, 0.2) is 53.8 Å². The average molecular weight is 565 g/mol. The summed E-state index contributed by atoms with van der Waals surface area (Å²) in [6, 6.07) is 13.4. The summed E-state index contributed by atoms with van der Waals surface area (Å²) < 4.78 is 0. The van der Waals surface area contributed by atoms with Crippen LogP contribution in [0.25, 0.3) is 11.2 Å². The summed E-state index contributed by atoms with van der Waals surface area (Å²) in [4.78, 5) is 13.0. The van der Waals surface area contributed by atoms with Crippen molar-refractivity contribution in [3.05, 3.63) is 61.8 Å². The van der Waals surface area contributed by atoms with E-state index in [4.69, 9.17) is 11.7 Å². The molecular weight excluding hydrogens is 535 g/mol. The topological polar surface area (TPSA) is 127 Å². The smallest absolute Gasteiger partial charge is 0.187 e. The van der Waals surface area contributed by atoms with Crippen molar-refractivity contribution in [3.63, 3.8) is 0 Å². The van der Waals surface area contributed by atoms with E-state index in [9.17, 15) is 0 Å². The number of hydrazone groups is 1. The number of aromatic nitrogens is 3. The van der Waals surface area contributed by atoms with Crippen molar-refractivity contribution in [2.45, 2.75) is 27.7 Å². The van der Waals surface area contributed by atoms with Gasteiger partial charge in [-0.05, 0) is 24.3 Å². The second kappa shape index (κ2) is 15.5. The first-order valence-corrected chi connectivity index (χ1v) is 8.51. The maximum absolute atomic E-state index is 5.33. The van der Waals surface area contributed by atoms with Crippen LogP contribution in [0.3, 0.4) is 0 Å². The van der Waals surface area contributed by atoms with E-state index in [1.54, 1.807) is 0 Å². The predicted octanol–water partition coefficient (Wildman–Crippen LogP) is 3.35. The van der Waals surface area contributed by atoms with Crippen LogP contribution in [0.1, 0.15) is 33.4 Å². The van der Waals surface area contributed by atoms with Gasteiger partial charge in [-0.25, -0.2) is 15.8 Å². The summed E-state index contributed by atoms with van der Waals surface area (Å²) >= 11 is 0. The molecule has 0 radical (unpaired) electrons. The van der Waals surface area contributed by atoms with E-state index < -0.39 is 0 Å². The zero-order valence-electron chi connectivity index (χ0n) is 16.9. The van der Waals surface area contributed by atoms with E-state index >= 15 is 0 Å². The summed E-state index contributed by atoms with van der Waals surface area (Å²) in [5.41, 5.74) is 4.85. The third-order valence-corrected chi connectivity index (χ3v) is 2.96. The molecule has 0 aliphatic rings. The van der Waals surface area contributed by atoms with Crippen LogP contribution in [-0.2, 0) is 21.1 Å². The first-order chi connectivity index (χ1) is 12.8. The molecule has 0 atom stereocenters. The van der Waals surface area contributed by atoms with Crippen LogP contribution in [0.4, 0.5) is 11.5 Å². The number of pyridine rings is 1. The fraction of sp³-hybridized carbons (Fsp3) is 0.211.